The highest BCUT2D eigenvalue weighted by Crippen LogP contribution is 2.42. The van der Waals surface area contributed by atoms with Gasteiger partial charge in [0.1, 0.15) is 28.6 Å². The van der Waals surface area contributed by atoms with Crippen molar-refractivity contribution in [3.05, 3.63) is 81.4 Å². The summed E-state index contributed by atoms with van der Waals surface area (Å²) in [6, 6.07) is 15.3. The molecule has 0 heterocycles. The topological polar surface area (TPSA) is 145 Å². The number of ether oxygens (including phenoxy) is 3. The molecule has 0 aliphatic carbocycles. The molecule has 0 atom stereocenters. The molecule has 4 rings (SSSR count). The SMILES string of the molecule is COc1cc(OC)c(NC(=O)c2cc3ccccc3c(N=Nc3cc([N+](=O)[O-])ccc3OC)c2O)cc1Cl. The van der Waals surface area contributed by atoms with E-state index in [9.17, 15) is 20.0 Å². The number of nitro groups is 1. The molecule has 0 spiro atoms. The number of carbonyl (C=O) groups is 1. The number of phenolic OH excluding ortho intramolecular Hbond substituents is 1. The second kappa shape index (κ2) is 11.0. The third-order valence-corrected chi connectivity index (χ3v) is 5.89. The first-order valence-electron chi connectivity index (χ1n) is 11.0. The van der Waals surface area contributed by atoms with Gasteiger partial charge in [0, 0.05) is 23.6 Å². The number of phenols is 1. The molecule has 4 aromatic carbocycles. The maximum atomic E-state index is 13.3. The summed E-state index contributed by atoms with van der Waals surface area (Å²) >= 11 is 6.22. The Kier molecular flexibility index (Phi) is 7.58. The predicted octanol–water partition coefficient (Wildman–Crippen LogP) is 6.80. The lowest BCUT2D eigenvalue weighted by atomic mass is 10.0. The van der Waals surface area contributed by atoms with Crippen LogP contribution < -0.4 is 19.5 Å². The van der Waals surface area contributed by atoms with E-state index in [0.717, 1.165) is 0 Å². The summed E-state index contributed by atoms with van der Waals surface area (Å²) < 4.78 is 15.7. The fourth-order valence-corrected chi connectivity index (χ4v) is 3.95. The number of benzene rings is 4. The minimum atomic E-state index is -0.669. The number of fused-ring (bicyclic) bond motifs is 1. The van der Waals surface area contributed by atoms with Crippen molar-refractivity contribution in [2.45, 2.75) is 0 Å². The van der Waals surface area contributed by atoms with E-state index in [4.69, 9.17) is 25.8 Å². The molecule has 0 aliphatic rings. The van der Waals surface area contributed by atoms with Gasteiger partial charge in [-0.15, -0.1) is 10.2 Å². The predicted molar refractivity (Wildman–Crippen MR) is 142 cm³/mol. The number of hydrogen-bond acceptors (Lipinski definition) is 9. The Labute approximate surface area is 221 Å². The number of hydrogen-bond donors (Lipinski definition) is 2. The number of anilines is 1. The van der Waals surface area contributed by atoms with E-state index in [-0.39, 0.29) is 44.8 Å². The van der Waals surface area contributed by atoms with Gasteiger partial charge < -0.3 is 24.6 Å². The smallest absolute Gasteiger partial charge is 0.271 e. The lowest BCUT2D eigenvalue weighted by Gasteiger charge is -2.14. The van der Waals surface area contributed by atoms with Crippen LogP contribution in [0.15, 0.2) is 70.9 Å². The molecule has 0 saturated heterocycles. The summed E-state index contributed by atoms with van der Waals surface area (Å²) in [5.74, 6) is -0.238. The van der Waals surface area contributed by atoms with Crippen molar-refractivity contribution < 1.29 is 29.0 Å². The average Bonchev–Trinajstić information content (AvgIpc) is 2.92. The number of amides is 1. The van der Waals surface area contributed by atoms with Crippen molar-refractivity contribution in [1.82, 2.24) is 0 Å². The quantitative estimate of drug-likeness (QED) is 0.143. The molecular formula is C26H21ClN4O7. The number of halogens is 1. The maximum Gasteiger partial charge on any atom is 0.271 e. The highest BCUT2D eigenvalue weighted by Gasteiger charge is 2.21. The summed E-state index contributed by atoms with van der Waals surface area (Å²) in [6.07, 6.45) is 0. The number of aromatic hydroxyl groups is 1. The highest BCUT2D eigenvalue weighted by atomic mass is 35.5. The lowest BCUT2D eigenvalue weighted by molar-refractivity contribution is -0.384. The highest BCUT2D eigenvalue weighted by molar-refractivity contribution is 6.32. The summed E-state index contributed by atoms with van der Waals surface area (Å²) in [5, 5.41) is 34.6. The second-order valence-electron chi connectivity index (χ2n) is 7.80. The minimum Gasteiger partial charge on any atom is -0.505 e. The molecule has 0 radical (unpaired) electrons. The first-order valence-corrected chi connectivity index (χ1v) is 11.4. The van der Waals surface area contributed by atoms with Gasteiger partial charge in [0.2, 0.25) is 0 Å². The van der Waals surface area contributed by atoms with Crippen molar-refractivity contribution in [1.29, 1.82) is 0 Å². The number of nitro benzene ring substituents is 1. The second-order valence-corrected chi connectivity index (χ2v) is 8.20. The van der Waals surface area contributed by atoms with Crippen molar-refractivity contribution in [3.63, 3.8) is 0 Å². The third-order valence-electron chi connectivity index (χ3n) is 5.59. The fourth-order valence-electron chi connectivity index (χ4n) is 3.71. The number of carbonyl (C=O) groups excluding carboxylic acids is 1. The Hall–Kier alpha value is -4.90. The Balaban J connectivity index is 1.80. The molecular weight excluding hydrogens is 516 g/mol. The summed E-state index contributed by atoms with van der Waals surface area (Å²) in [5.41, 5.74) is -0.00809. The molecule has 38 heavy (non-hydrogen) atoms. The van der Waals surface area contributed by atoms with Crippen molar-refractivity contribution in [2.75, 3.05) is 26.6 Å². The van der Waals surface area contributed by atoms with Gasteiger partial charge >= 0.3 is 0 Å². The van der Waals surface area contributed by atoms with E-state index in [1.165, 1.54) is 57.7 Å². The molecule has 0 aliphatic heterocycles. The Morgan fingerprint density at radius 2 is 1.66 bits per heavy atom. The number of non-ortho nitro benzene ring substituents is 1. The summed E-state index contributed by atoms with van der Waals surface area (Å²) in [6.45, 7) is 0. The first kappa shape index (κ1) is 26.2. The standard InChI is InChI=1S/C26H21ClN4O7/c1-36-21-9-8-15(31(34)35)11-20(21)29-30-24-16-7-5-4-6-14(16)10-17(25(24)32)26(33)28-19-12-18(27)22(37-2)13-23(19)38-3/h4-13,32H,1-3H3,(H,28,33). The fraction of sp³-hybridized carbons (Fsp3) is 0.115. The zero-order chi connectivity index (χ0) is 27.4. The molecule has 2 N–H and O–H groups in total. The lowest BCUT2D eigenvalue weighted by Crippen LogP contribution is -2.13. The van der Waals surface area contributed by atoms with Crippen LogP contribution in [-0.2, 0) is 0 Å². The average molecular weight is 537 g/mol. The van der Waals surface area contributed by atoms with Crippen LogP contribution in [0.1, 0.15) is 10.4 Å². The van der Waals surface area contributed by atoms with E-state index in [2.05, 4.69) is 15.5 Å². The third kappa shape index (κ3) is 5.13. The van der Waals surface area contributed by atoms with Crippen LogP contribution in [0, 0.1) is 10.1 Å². The van der Waals surface area contributed by atoms with Gasteiger partial charge in [0.05, 0.1) is 42.5 Å². The van der Waals surface area contributed by atoms with Crippen LogP contribution in [-0.4, -0.2) is 37.3 Å². The Bertz CT molecular complexity index is 1590. The first-order chi connectivity index (χ1) is 18.3. The molecule has 4 aromatic rings. The maximum absolute atomic E-state index is 13.3. The van der Waals surface area contributed by atoms with Crippen molar-refractivity contribution >= 4 is 51.0 Å². The number of rotatable bonds is 8. The summed E-state index contributed by atoms with van der Waals surface area (Å²) in [7, 11) is 4.26. The Morgan fingerprint density at radius 1 is 0.947 bits per heavy atom. The molecule has 1 amide bonds. The van der Waals surface area contributed by atoms with Gasteiger partial charge in [-0.05, 0) is 23.6 Å². The molecule has 0 bridgehead atoms. The monoisotopic (exact) mass is 536 g/mol. The molecule has 0 unspecified atom stereocenters. The zero-order valence-corrected chi connectivity index (χ0v) is 21.1. The number of nitrogens with one attached hydrogen (secondary N) is 1. The van der Waals surface area contributed by atoms with Crippen LogP contribution in [0.3, 0.4) is 0 Å². The Morgan fingerprint density at radius 3 is 2.34 bits per heavy atom. The van der Waals surface area contributed by atoms with Gasteiger partial charge in [-0.25, -0.2) is 0 Å². The van der Waals surface area contributed by atoms with Crippen molar-refractivity contribution in [2.24, 2.45) is 10.2 Å². The van der Waals surface area contributed by atoms with Gasteiger partial charge in [-0.3, -0.25) is 14.9 Å². The largest absolute Gasteiger partial charge is 0.505 e. The van der Waals surface area contributed by atoms with E-state index in [0.29, 0.717) is 16.5 Å². The number of methoxy groups -OCH3 is 3. The zero-order valence-electron chi connectivity index (χ0n) is 20.4. The molecule has 0 aromatic heterocycles. The van der Waals surface area contributed by atoms with Crippen LogP contribution in [0.4, 0.5) is 22.7 Å². The van der Waals surface area contributed by atoms with E-state index < -0.39 is 16.6 Å². The van der Waals surface area contributed by atoms with Gasteiger partial charge in [-0.2, -0.15) is 0 Å². The molecule has 11 nitrogen and oxygen atoms in total. The molecule has 0 saturated carbocycles. The van der Waals surface area contributed by atoms with Gasteiger partial charge in [0.15, 0.2) is 5.75 Å². The van der Waals surface area contributed by atoms with Crippen LogP contribution in [0.25, 0.3) is 10.8 Å². The normalized spacial score (nSPS) is 10.9. The van der Waals surface area contributed by atoms with Gasteiger partial charge in [-0.1, -0.05) is 35.9 Å². The summed E-state index contributed by atoms with van der Waals surface area (Å²) in [4.78, 5) is 23.9. The van der Waals surface area contributed by atoms with Crippen LogP contribution in [0.2, 0.25) is 5.02 Å². The minimum absolute atomic E-state index is 0.0125. The number of azo groups is 1. The van der Waals surface area contributed by atoms with E-state index >= 15 is 0 Å². The van der Waals surface area contributed by atoms with E-state index in [1.807, 2.05) is 0 Å². The van der Waals surface area contributed by atoms with Crippen LogP contribution >= 0.6 is 11.6 Å². The molecule has 12 heteroatoms. The molecule has 194 valence electrons. The van der Waals surface area contributed by atoms with E-state index in [1.54, 1.807) is 24.3 Å². The van der Waals surface area contributed by atoms with Crippen molar-refractivity contribution in [3.8, 4) is 23.0 Å². The molecule has 0 fully saturated rings. The van der Waals surface area contributed by atoms with Crippen LogP contribution in [0.5, 0.6) is 23.0 Å². The van der Waals surface area contributed by atoms with Gasteiger partial charge in [0.25, 0.3) is 11.6 Å². The number of nitrogens with zero attached hydrogens (tertiary/aromatic N) is 3.